The monoisotopic (exact) mass is 846 g/mol. The lowest BCUT2D eigenvalue weighted by atomic mass is 10.0. The van der Waals surface area contributed by atoms with Crippen LogP contribution in [0.3, 0.4) is 0 Å². The van der Waals surface area contributed by atoms with Crippen LogP contribution in [0.5, 0.6) is 0 Å². The summed E-state index contributed by atoms with van der Waals surface area (Å²) in [7, 11) is 0. The van der Waals surface area contributed by atoms with Crippen LogP contribution >= 0.6 is 82.6 Å². The molecular formula is C32H36Br3Cl3N6. The number of hydrogen-bond acceptors (Lipinski definition) is 6. The summed E-state index contributed by atoms with van der Waals surface area (Å²) in [6, 6.07) is 30.8. The van der Waals surface area contributed by atoms with Gasteiger partial charge in [-0.2, -0.15) is 31.6 Å². The molecule has 0 spiro atoms. The molecule has 0 saturated heterocycles. The molecule has 4 unspecified atom stereocenters. The van der Waals surface area contributed by atoms with E-state index in [1.807, 2.05) is 91.9 Å². The van der Waals surface area contributed by atoms with Gasteiger partial charge in [0.25, 0.3) is 0 Å². The first-order valence-electron chi connectivity index (χ1n) is 12.6. The van der Waals surface area contributed by atoms with E-state index in [0.29, 0.717) is 0 Å². The van der Waals surface area contributed by atoms with Gasteiger partial charge in [0.05, 0.1) is 41.2 Å². The number of hydrogen-bond donors (Lipinski definition) is 0. The van der Waals surface area contributed by atoms with E-state index in [0.717, 1.165) is 11.1 Å². The van der Waals surface area contributed by atoms with Gasteiger partial charge in [0, 0.05) is 0 Å². The quantitative estimate of drug-likeness (QED) is 0.275. The third-order valence-electron chi connectivity index (χ3n) is 3.94. The molecule has 0 bridgehead atoms. The van der Waals surface area contributed by atoms with Crippen molar-refractivity contribution >= 4 is 82.6 Å². The van der Waals surface area contributed by atoms with Crippen LogP contribution in [0.15, 0.2) is 60.7 Å². The van der Waals surface area contributed by atoms with Crippen LogP contribution in [0, 0.1) is 68.0 Å². The predicted molar refractivity (Wildman–Crippen MR) is 193 cm³/mol. The summed E-state index contributed by atoms with van der Waals surface area (Å²) in [5.41, 5.74) is 1.83. The van der Waals surface area contributed by atoms with Gasteiger partial charge >= 0.3 is 0 Å². The highest BCUT2D eigenvalue weighted by Gasteiger charge is 2.22. The van der Waals surface area contributed by atoms with E-state index in [2.05, 4.69) is 53.9 Å². The second-order valence-corrected chi connectivity index (χ2v) is 16.9. The largest absolute Gasteiger partial charge is 0.197 e. The van der Waals surface area contributed by atoms with Gasteiger partial charge in [-0.1, -0.05) is 120 Å². The summed E-state index contributed by atoms with van der Waals surface area (Å²) < 4.78 is -0.888. The maximum absolute atomic E-state index is 8.75. The second-order valence-electron chi connectivity index (χ2n) is 9.62. The molecule has 6 nitrogen and oxygen atoms in total. The molecule has 0 aliphatic rings. The van der Waals surface area contributed by atoms with Gasteiger partial charge in [-0.25, -0.2) is 0 Å². The van der Waals surface area contributed by atoms with Crippen molar-refractivity contribution in [3.8, 4) is 36.4 Å². The van der Waals surface area contributed by atoms with Crippen molar-refractivity contribution in [3.05, 3.63) is 71.8 Å². The van der Waals surface area contributed by atoms with Crippen molar-refractivity contribution in [3.63, 3.8) is 0 Å². The van der Waals surface area contributed by atoms with E-state index in [1.54, 1.807) is 54.5 Å². The topological polar surface area (TPSA) is 143 Å². The van der Waals surface area contributed by atoms with Crippen molar-refractivity contribution < 1.29 is 0 Å². The number of nitriles is 6. The molecule has 0 amide bonds. The van der Waals surface area contributed by atoms with Crippen LogP contribution in [0.25, 0.3) is 0 Å². The van der Waals surface area contributed by atoms with E-state index in [-0.39, 0.29) is 14.5 Å². The highest BCUT2D eigenvalue weighted by molar-refractivity contribution is 9.10. The normalized spacial score (nSPS) is 13.3. The second kappa shape index (κ2) is 26.0. The summed E-state index contributed by atoms with van der Waals surface area (Å²) in [4.78, 5) is -1.57. The summed E-state index contributed by atoms with van der Waals surface area (Å²) in [6.07, 6.45) is 0. The number of rotatable bonds is 2. The zero-order chi connectivity index (χ0) is 35.6. The molecule has 2 rings (SSSR count). The van der Waals surface area contributed by atoms with E-state index in [4.69, 9.17) is 66.4 Å². The lowest BCUT2D eigenvalue weighted by Gasteiger charge is -2.12. The minimum atomic E-state index is -0.888. The molecule has 2 aromatic carbocycles. The van der Waals surface area contributed by atoms with Crippen LogP contribution < -0.4 is 0 Å². The van der Waals surface area contributed by atoms with Gasteiger partial charge in [-0.05, 0) is 66.5 Å². The van der Waals surface area contributed by atoms with E-state index < -0.39 is 14.1 Å². The summed E-state index contributed by atoms with van der Waals surface area (Å²) in [5, 5.41) is 48.8. The van der Waals surface area contributed by atoms with Gasteiger partial charge in [-0.15, -0.1) is 23.2 Å². The van der Waals surface area contributed by atoms with E-state index >= 15 is 0 Å². The Bertz CT molecular complexity index is 1190. The predicted octanol–water partition coefficient (Wildman–Crippen LogP) is 11.1. The molecule has 0 aliphatic carbocycles. The van der Waals surface area contributed by atoms with Crippen molar-refractivity contribution in [2.24, 2.45) is 0 Å². The zero-order valence-corrected chi connectivity index (χ0v) is 32.9. The Morgan fingerprint density at radius 3 is 1.09 bits per heavy atom. The Kier molecular flexibility index (Phi) is 28.7. The van der Waals surface area contributed by atoms with Gasteiger partial charge in [0.1, 0.15) is 18.9 Å². The average Bonchev–Trinajstić information content (AvgIpc) is 2.98. The van der Waals surface area contributed by atoms with Crippen LogP contribution in [0.1, 0.15) is 66.5 Å². The maximum atomic E-state index is 8.75. The average molecular weight is 851 g/mol. The van der Waals surface area contributed by atoms with Gasteiger partial charge in [0.2, 0.25) is 0 Å². The highest BCUT2D eigenvalue weighted by atomic mass is 79.9. The Labute approximate surface area is 304 Å². The number of nitrogens with zero attached hydrogens (tertiary/aromatic N) is 6. The van der Waals surface area contributed by atoms with Crippen molar-refractivity contribution in [2.45, 2.75) is 84.0 Å². The van der Waals surface area contributed by atoms with E-state index in [1.165, 1.54) is 0 Å². The number of alkyl halides is 6. The minimum absolute atomic E-state index is 0.00231. The molecule has 4 atom stereocenters. The molecule has 0 fully saturated rings. The molecule has 12 heteroatoms. The van der Waals surface area contributed by atoms with Crippen molar-refractivity contribution in [1.82, 2.24) is 0 Å². The fourth-order valence-corrected chi connectivity index (χ4v) is 2.02. The molecule has 0 N–H and O–H groups in total. The number of benzene rings is 2. The van der Waals surface area contributed by atoms with Crippen molar-refractivity contribution in [2.75, 3.05) is 0 Å². The Morgan fingerprint density at radius 1 is 0.614 bits per heavy atom. The molecular weight excluding hydrogens is 814 g/mol. The third-order valence-corrected chi connectivity index (χ3v) is 5.44. The lowest BCUT2D eigenvalue weighted by molar-refractivity contribution is 0.879. The van der Waals surface area contributed by atoms with Gasteiger partial charge in [-0.3, -0.25) is 0 Å². The molecule has 0 saturated carbocycles. The molecule has 44 heavy (non-hydrogen) atoms. The first-order chi connectivity index (χ1) is 20.0. The summed E-state index contributed by atoms with van der Waals surface area (Å²) in [5.74, 6) is 0. The Morgan fingerprint density at radius 2 is 0.909 bits per heavy atom. The first-order valence-corrected chi connectivity index (χ1v) is 16.3. The van der Waals surface area contributed by atoms with Crippen LogP contribution in [0.4, 0.5) is 0 Å². The van der Waals surface area contributed by atoms with Crippen molar-refractivity contribution in [1.29, 1.82) is 31.6 Å². The summed E-state index contributed by atoms with van der Waals surface area (Å²) >= 11 is 25.8. The standard InChI is InChI=1S/C9H8BrN.C9H8ClN.C4H6BrN.C4H6ClN.C3H4BrN.C3H4ClN/c2*1-9(10,7-11)8-5-3-2-4-6-8;2*1-4(2,5)3-6;2*1-3(4)2-5/h2*2-6H,1H3;2*1-2H3;2*3H,1H3. The van der Waals surface area contributed by atoms with Gasteiger partial charge in [0.15, 0.2) is 4.87 Å². The van der Waals surface area contributed by atoms with Crippen LogP contribution in [-0.2, 0) is 9.20 Å². The Balaban J connectivity index is -0.000000227. The summed E-state index contributed by atoms with van der Waals surface area (Å²) in [6.45, 7) is 13.8. The SMILES string of the molecule is CC(Br)(C#N)c1ccccc1.CC(Br)C#N.CC(C)(Br)C#N.CC(C)(Cl)C#N.CC(Cl)(C#N)c1ccccc1.CC(Cl)C#N. The van der Waals surface area contributed by atoms with Crippen LogP contribution in [0.2, 0.25) is 0 Å². The van der Waals surface area contributed by atoms with Crippen LogP contribution in [-0.4, -0.2) is 19.4 Å². The van der Waals surface area contributed by atoms with Gasteiger partial charge < -0.3 is 0 Å². The molecule has 0 aromatic heterocycles. The fourth-order valence-electron chi connectivity index (χ4n) is 1.63. The third kappa shape index (κ3) is 34.2. The Hall–Kier alpha value is -2.31. The fraction of sp³-hybridized carbons (Fsp3) is 0.438. The number of halogens is 6. The molecule has 0 heterocycles. The first kappa shape index (κ1) is 48.6. The lowest BCUT2D eigenvalue weighted by Crippen LogP contribution is -2.09. The van der Waals surface area contributed by atoms with E-state index in [9.17, 15) is 0 Å². The minimum Gasteiger partial charge on any atom is -0.197 e. The molecule has 236 valence electrons. The molecule has 0 radical (unpaired) electrons. The molecule has 2 aromatic rings. The maximum Gasteiger partial charge on any atom is 0.153 e. The zero-order valence-electron chi connectivity index (χ0n) is 25.9. The smallest absolute Gasteiger partial charge is 0.153 e. The molecule has 0 aliphatic heterocycles. The highest BCUT2D eigenvalue weighted by Crippen LogP contribution is 2.29.